The quantitative estimate of drug-likeness (QED) is 0.783. The van der Waals surface area contributed by atoms with Crippen LogP contribution in [0.5, 0.6) is 0 Å². The molecule has 0 saturated heterocycles. The summed E-state index contributed by atoms with van der Waals surface area (Å²) in [7, 11) is 1.80. The summed E-state index contributed by atoms with van der Waals surface area (Å²) >= 11 is 0. The van der Waals surface area contributed by atoms with Crippen LogP contribution in [0.25, 0.3) is 0 Å². The van der Waals surface area contributed by atoms with Gasteiger partial charge in [-0.15, -0.1) is 0 Å². The van der Waals surface area contributed by atoms with Gasteiger partial charge in [-0.3, -0.25) is 0 Å². The van der Waals surface area contributed by atoms with Crippen molar-refractivity contribution in [3.63, 3.8) is 0 Å². The first-order valence-corrected chi connectivity index (χ1v) is 7.71. The zero-order chi connectivity index (χ0) is 14.4. The summed E-state index contributed by atoms with van der Waals surface area (Å²) in [5, 5.41) is 3.56. The van der Waals surface area contributed by atoms with Crippen LogP contribution in [0, 0.1) is 5.82 Å². The molecule has 3 heteroatoms. The summed E-state index contributed by atoms with van der Waals surface area (Å²) in [6, 6.07) is 7.37. The summed E-state index contributed by atoms with van der Waals surface area (Å²) in [6.07, 6.45) is 6.30. The van der Waals surface area contributed by atoms with E-state index in [0.29, 0.717) is 0 Å². The Hall–Kier alpha value is -0.930. The lowest BCUT2D eigenvalue weighted by atomic mass is 9.75. The minimum atomic E-state index is -0.101. The van der Waals surface area contributed by atoms with Gasteiger partial charge < -0.3 is 10.1 Å². The number of hydrogen-bond donors (Lipinski definition) is 1. The van der Waals surface area contributed by atoms with E-state index in [1.165, 1.54) is 6.42 Å². The summed E-state index contributed by atoms with van der Waals surface area (Å²) < 4.78 is 19.5. The highest BCUT2D eigenvalue weighted by atomic mass is 19.1. The van der Waals surface area contributed by atoms with Crippen LogP contribution in [0.3, 0.4) is 0 Å². The van der Waals surface area contributed by atoms with Gasteiger partial charge >= 0.3 is 0 Å². The lowest BCUT2D eigenvalue weighted by Gasteiger charge is -2.43. The van der Waals surface area contributed by atoms with Crippen molar-refractivity contribution in [3.05, 3.63) is 35.6 Å². The Kier molecular flexibility index (Phi) is 5.55. The van der Waals surface area contributed by atoms with E-state index in [4.69, 9.17) is 4.74 Å². The smallest absolute Gasteiger partial charge is 0.126 e. The maximum Gasteiger partial charge on any atom is 0.126 e. The van der Waals surface area contributed by atoms with Crippen LogP contribution in [-0.2, 0) is 11.2 Å². The van der Waals surface area contributed by atoms with Crippen LogP contribution in [0.15, 0.2) is 24.3 Å². The average Bonchev–Trinajstić information content (AvgIpc) is 2.42. The molecule has 1 N–H and O–H groups in total. The van der Waals surface area contributed by atoms with E-state index in [1.807, 2.05) is 12.1 Å². The second kappa shape index (κ2) is 7.19. The number of benzene rings is 1. The zero-order valence-electron chi connectivity index (χ0n) is 12.6. The molecule has 1 atom stereocenters. The van der Waals surface area contributed by atoms with Gasteiger partial charge in [-0.25, -0.2) is 4.39 Å². The van der Waals surface area contributed by atoms with Crippen molar-refractivity contribution in [2.45, 2.75) is 57.1 Å². The highest BCUT2D eigenvalue weighted by Crippen LogP contribution is 2.39. The van der Waals surface area contributed by atoms with Gasteiger partial charge in [0.2, 0.25) is 0 Å². The van der Waals surface area contributed by atoms with Gasteiger partial charge in [0.05, 0.1) is 5.60 Å². The molecule has 0 amide bonds. The monoisotopic (exact) mass is 279 g/mol. The molecule has 2 rings (SSSR count). The Morgan fingerprint density at radius 1 is 1.35 bits per heavy atom. The molecule has 0 heterocycles. The van der Waals surface area contributed by atoms with Crippen molar-refractivity contribution >= 4 is 0 Å². The molecule has 2 nitrogen and oxygen atoms in total. The van der Waals surface area contributed by atoms with E-state index < -0.39 is 0 Å². The Bertz CT molecular complexity index is 412. The van der Waals surface area contributed by atoms with Gasteiger partial charge in [-0.1, -0.05) is 25.1 Å². The van der Waals surface area contributed by atoms with Crippen molar-refractivity contribution in [2.75, 3.05) is 13.7 Å². The van der Waals surface area contributed by atoms with Gasteiger partial charge in [0, 0.05) is 13.2 Å². The third-order valence-electron chi connectivity index (χ3n) is 4.42. The molecule has 112 valence electrons. The second-order valence-corrected chi connectivity index (χ2v) is 5.89. The van der Waals surface area contributed by atoms with Gasteiger partial charge in [0.15, 0.2) is 0 Å². The van der Waals surface area contributed by atoms with Crippen LogP contribution in [0.2, 0.25) is 0 Å². The molecule has 0 spiro atoms. The molecular formula is C17H26FNO. The second-order valence-electron chi connectivity index (χ2n) is 5.89. The molecule has 1 aliphatic carbocycles. The number of halogens is 1. The maximum atomic E-state index is 13.8. The number of ether oxygens (including phenoxy) is 1. The van der Waals surface area contributed by atoms with Crippen molar-refractivity contribution in [1.82, 2.24) is 5.32 Å². The Morgan fingerprint density at radius 2 is 2.10 bits per heavy atom. The SMILES string of the molecule is CCCNC(Cc1ccccc1F)CC1(OC)CCC1. The number of rotatable bonds is 8. The minimum Gasteiger partial charge on any atom is -0.378 e. The van der Waals surface area contributed by atoms with Crippen LogP contribution in [-0.4, -0.2) is 25.3 Å². The average molecular weight is 279 g/mol. The predicted octanol–water partition coefficient (Wildman–Crippen LogP) is 3.70. The Morgan fingerprint density at radius 3 is 2.65 bits per heavy atom. The molecule has 1 unspecified atom stereocenters. The maximum absolute atomic E-state index is 13.8. The number of hydrogen-bond acceptors (Lipinski definition) is 2. The first kappa shape index (κ1) is 15.5. The fourth-order valence-electron chi connectivity index (χ4n) is 3.01. The molecule has 20 heavy (non-hydrogen) atoms. The molecule has 0 bridgehead atoms. The van der Waals surface area contributed by atoms with E-state index in [2.05, 4.69) is 12.2 Å². The lowest BCUT2D eigenvalue weighted by Crippen LogP contribution is -2.46. The standard InChI is InChI=1S/C17H26FNO/c1-3-11-19-15(13-17(20-2)9-6-10-17)12-14-7-4-5-8-16(14)18/h4-5,7-8,15,19H,3,6,9-13H2,1-2H3. The predicted molar refractivity (Wildman–Crippen MR) is 80.4 cm³/mol. The number of nitrogens with one attached hydrogen (secondary N) is 1. The minimum absolute atomic E-state index is 0.0245. The summed E-state index contributed by atoms with van der Waals surface area (Å²) in [6.45, 7) is 3.13. The van der Waals surface area contributed by atoms with Crippen molar-refractivity contribution in [1.29, 1.82) is 0 Å². The van der Waals surface area contributed by atoms with Crippen LogP contribution < -0.4 is 5.32 Å². The molecule has 1 aromatic carbocycles. The molecule has 1 fully saturated rings. The molecular weight excluding hydrogens is 253 g/mol. The molecule has 1 saturated carbocycles. The highest BCUT2D eigenvalue weighted by molar-refractivity contribution is 5.18. The van der Waals surface area contributed by atoms with Crippen molar-refractivity contribution < 1.29 is 9.13 Å². The van der Waals surface area contributed by atoms with E-state index in [1.54, 1.807) is 19.2 Å². The van der Waals surface area contributed by atoms with Gasteiger partial charge in [0.25, 0.3) is 0 Å². The topological polar surface area (TPSA) is 21.3 Å². The fraction of sp³-hybridized carbons (Fsp3) is 0.647. The molecule has 1 aliphatic rings. The van der Waals surface area contributed by atoms with Gasteiger partial charge in [0.1, 0.15) is 5.82 Å². The highest BCUT2D eigenvalue weighted by Gasteiger charge is 2.38. The van der Waals surface area contributed by atoms with E-state index in [0.717, 1.165) is 44.2 Å². The first-order chi connectivity index (χ1) is 9.69. The third kappa shape index (κ3) is 3.80. The lowest BCUT2D eigenvalue weighted by molar-refractivity contribution is -0.0834. The van der Waals surface area contributed by atoms with E-state index in [-0.39, 0.29) is 17.5 Å². The van der Waals surface area contributed by atoms with Gasteiger partial charge in [-0.2, -0.15) is 0 Å². The fourth-order valence-corrected chi connectivity index (χ4v) is 3.01. The van der Waals surface area contributed by atoms with E-state index in [9.17, 15) is 4.39 Å². The Balaban J connectivity index is 2.01. The normalized spacial score (nSPS) is 18.6. The summed E-state index contributed by atoms with van der Waals surface area (Å²) in [5.41, 5.74) is 0.822. The molecule has 0 radical (unpaired) electrons. The molecule has 0 aromatic heterocycles. The van der Waals surface area contributed by atoms with Crippen molar-refractivity contribution in [2.24, 2.45) is 0 Å². The number of methoxy groups -OCH3 is 1. The Labute approximate surface area is 121 Å². The van der Waals surface area contributed by atoms with Crippen LogP contribution in [0.4, 0.5) is 4.39 Å². The van der Waals surface area contributed by atoms with Crippen molar-refractivity contribution in [3.8, 4) is 0 Å². The molecule has 1 aromatic rings. The van der Waals surface area contributed by atoms with Gasteiger partial charge in [-0.05, 0) is 56.7 Å². The first-order valence-electron chi connectivity index (χ1n) is 7.71. The van der Waals surface area contributed by atoms with Crippen LogP contribution >= 0.6 is 0 Å². The van der Waals surface area contributed by atoms with Crippen LogP contribution in [0.1, 0.15) is 44.6 Å². The summed E-state index contributed by atoms with van der Waals surface area (Å²) in [4.78, 5) is 0. The largest absolute Gasteiger partial charge is 0.378 e. The van der Waals surface area contributed by atoms with E-state index >= 15 is 0 Å². The zero-order valence-corrected chi connectivity index (χ0v) is 12.6. The third-order valence-corrected chi connectivity index (χ3v) is 4.42. The summed E-state index contributed by atoms with van der Waals surface area (Å²) in [5.74, 6) is -0.101. The molecule has 0 aliphatic heterocycles.